The van der Waals surface area contributed by atoms with Crippen molar-refractivity contribution in [2.45, 2.75) is 65.1 Å². The van der Waals surface area contributed by atoms with Crippen molar-refractivity contribution in [2.75, 3.05) is 0 Å². The lowest BCUT2D eigenvalue weighted by Gasteiger charge is -2.19. The van der Waals surface area contributed by atoms with Gasteiger partial charge in [-0.05, 0) is 45.7 Å². The first-order chi connectivity index (χ1) is 9.85. The molecule has 0 aliphatic carbocycles. The zero-order valence-corrected chi connectivity index (χ0v) is 13.1. The van der Waals surface area contributed by atoms with Gasteiger partial charge in [0.25, 0.3) is 0 Å². The quantitative estimate of drug-likeness (QED) is 0.866. The molecule has 21 heavy (non-hydrogen) atoms. The van der Waals surface area contributed by atoms with E-state index in [2.05, 4.69) is 26.1 Å². The molecule has 0 radical (unpaired) electrons. The fourth-order valence-corrected chi connectivity index (χ4v) is 2.25. The Bertz CT molecular complexity index is 496. The van der Waals surface area contributed by atoms with Gasteiger partial charge in [-0.2, -0.15) is 0 Å². The van der Waals surface area contributed by atoms with Gasteiger partial charge >= 0.3 is 0 Å². The van der Waals surface area contributed by atoms with Gasteiger partial charge in [-0.1, -0.05) is 0 Å². The van der Waals surface area contributed by atoms with Crippen molar-refractivity contribution in [1.82, 2.24) is 10.2 Å². The molecular weight excluding hydrogens is 268 g/mol. The molecule has 1 N–H and O–H groups in total. The molecule has 2 amide bonds. The lowest BCUT2D eigenvalue weighted by Crippen LogP contribution is -2.35. The summed E-state index contributed by atoms with van der Waals surface area (Å²) in [6, 6.07) is 3.73. The van der Waals surface area contributed by atoms with Crippen LogP contribution in [0.4, 0.5) is 0 Å². The van der Waals surface area contributed by atoms with Crippen molar-refractivity contribution in [2.24, 2.45) is 0 Å². The Hall–Kier alpha value is -1.62. The van der Waals surface area contributed by atoms with Crippen LogP contribution in [0.15, 0.2) is 16.5 Å². The van der Waals surface area contributed by atoms with Crippen LogP contribution in [0.5, 0.6) is 0 Å². The maximum Gasteiger partial charge on any atom is 0.229 e. The van der Waals surface area contributed by atoms with Gasteiger partial charge in [-0.3, -0.25) is 14.5 Å². The molecule has 1 fully saturated rings. The molecule has 116 valence electrons. The number of amides is 2. The first-order valence-corrected chi connectivity index (χ1v) is 7.51. The first kappa shape index (κ1) is 15.8. The number of nitrogens with one attached hydrogen (secondary N) is 1. The zero-order valence-electron chi connectivity index (χ0n) is 13.1. The van der Waals surface area contributed by atoms with Crippen molar-refractivity contribution in [3.05, 3.63) is 23.7 Å². The van der Waals surface area contributed by atoms with Gasteiger partial charge < -0.3 is 9.73 Å². The molecule has 0 aromatic carbocycles. The minimum atomic E-state index is -0.0942. The Morgan fingerprint density at radius 3 is 2.24 bits per heavy atom. The Morgan fingerprint density at radius 2 is 1.67 bits per heavy atom. The minimum absolute atomic E-state index is 0.0175. The van der Waals surface area contributed by atoms with Crippen LogP contribution < -0.4 is 5.32 Å². The van der Waals surface area contributed by atoms with Crippen molar-refractivity contribution >= 4 is 11.8 Å². The van der Waals surface area contributed by atoms with E-state index in [1.807, 2.05) is 12.1 Å². The molecule has 0 saturated carbocycles. The zero-order chi connectivity index (χ0) is 15.5. The third-order valence-electron chi connectivity index (χ3n) is 3.46. The normalized spacial score (nSPS) is 17.2. The van der Waals surface area contributed by atoms with Gasteiger partial charge in [-0.15, -0.1) is 0 Å². The highest BCUT2D eigenvalue weighted by Gasteiger charge is 2.25. The van der Waals surface area contributed by atoms with E-state index in [9.17, 15) is 9.59 Å². The first-order valence-electron chi connectivity index (χ1n) is 7.51. The summed E-state index contributed by atoms with van der Waals surface area (Å²) in [5.41, 5.74) is 0.0175. The standard InChI is InChI=1S/C16H24N2O3/c1-16(2,3)17-10-12-8-9-13(21-12)11-18-14(19)6-4-5-7-15(18)20/h8-9,17H,4-7,10-11H2,1-3H3. The summed E-state index contributed by atoms with van der Waals surface area (Å²) in [5, 5.41) is 3.34. The largest absolute Gasteiger partial charge is 0.463 e. The van der Waals surface area contributed by atoms with E-state index in [0.29, 0.717) is 25.1 Å². The number of hydrogen-bond donors (Lipinski definition) is 1. The van der Waals surface area contributed by atoms with Crippen LogP contribution in [0, 0.1) is 0 Å². The maximum absolute atomic E-state index is 11.9. The third-order valence-corrected chi connectivity index (χ3v) is 3.46. The molecule has 1 saturated heterocycles. The van der Waals surface area contributed by atoms with E-state index in [0.717, 1.165) is 18.6 Å². The lowest BCUT2D eigenvalue weighted by molar-refractivity contribution is -0.144. The fourth-order valence-electron chi connectivity index (χ4n) is 2.25. The summed E-state index contributed by atoms with van der Waals surface area (Å²) >= 11 is 0. The SMILES string of the molecule is CC(C)(C)NCc1ccc(CN2C(=O)CCCCC2=O)o1. The van der Waals surface area contributed by atoms with E-state index < -0.39 is 0 Å². The maximum atomic E-state index is 11.9. The van der Waals surface area contributed by atoms with E-state index in [1.54, 1.807) is 0 Å². The van der Waals surface area contributed by atoms with Crippen molar-refractivity contribution in [1.29, 1.82) is 0 Å². The molecule has 1 aromatic heterocycles. The van der Waals surface area contributed by atoms with E-state index in [4.69, 9.17) is 4.42 Å². The smallest absolute Gasteiger partial charge is 0.229 e. The van der Waals surface area contributed by atoms with Crippen LogP contribution in [0.2, 0.25) is 0 Å². The second-order valence-corrected chi connectivity index (χ2v) is 6.55. The van der Waals surface area contributed by atoms with Crippen LogP contribution in [-0.2, 0) is 22.7 Å². The fraction of sp³-hybridized carbons (Fsp3) is 0.625. The highest BCUT2D eigenvalue weighted by molar-refractivity contribution is 5.95. The Morgan fingerprint density at radius 1 is 1.10 bits per heavy atom. The van der Waals surface area contributed by atoms with Crippen LogP contribution >= 0.6 is 0 Å². The van der Waals surface area contributed by atoms with Crippen molar-refractivity contribution in [3.63, 3.8) is 0 Å². The van der Waals surface area contributed by atoms with Crippen molar-refractivity contribution in [3.8, 4) is 0 Å². The number of carbonyl (C=O) groups is 2. The molecule has 1 aromatic rings. The molecule has 5 nitrogen and oxygen atoms in total. The molecule has 0 unspecified atom stereocenters. The number of hydrogen-bond acceptors (Lipinski definition) is 4. The Kier molecular flexibility index (Phi) is 4.83. The Balaban J connectivity index is 1.98. The molecule has 2 rings (SSSR count). The summed E-state index contributed by atoms with van der Waals surface area (Å²) in [7, 11) is 0. The number of nitrogens with zero attached hydrogens (tertiary/aromatic N) is 1. The third kappa shape index (κ3) is 4.70. The highest BCUT2D eigenvalue weighted by Crippen LogP contribution is 2.17. The lowest BCUT2D eigenvalue weighted by atomic mass is 10.1. The van der Waals surface area contributed by atoms with Crippen LogP contribution in [-0.4, -0.2) is 22.3 Å². The monoisotopic (exact) mass is 292 g/mol. The second kappa shape index (κ2) is 6.43. The summed E-state index contributed by atoms with van der Waals surface area (Å²) in [6.07, 6.45) is 2.48. The molecule has 1 aliphatic heterocycles. The number of rotatable bonds is 4. The Labute approximate surface area is 125 Å². The highest BCUT2D eigenvalue weighted by atomic mass is 16.3. The number of imide groups is 1. The topological polar surface area (TPSA) is 62.6 Å². The van der Waals surface area contributed by atoms with Crippen LogP contribution in [0.1, 0.15) is 58.0 Å². The molecule has 0 bridgehead atoms. The van der Waals surface area contributed by atoms with Gasteiger partial charge in [0.1, 0.15) is 11.5 Å². The van der Waals surface area contributed by atoms with Gasteiger partial charge in [0.05, 0.1) is 13.1 Å². The van der Waals surface area contributed by atoms with Gasteiger partial charge in [0.15, 0.2) is 0 Å². The minimum Gasteiger partial charge on any atom is -0.463 e. The van der Waals surface area contributed by atoms with Gasteiger partial charge in [0, 0.05) is 18.4 Å². The summed E-state index contributed by atoms with van der Waals surface area (Å²) < 4.78 is 5.71. The summed E-state index contributed by atoms with van der Waals surface area (Å²) in [6.45, 7) is 7.14. The second-order valence-electron chi connectivity index (χ2n) is 6.55. The molecule has 2 heterocycles. The number of likely N-dealkylation sites (tertiary alicyclic amines) is 1. The van der Waals surface area contributed by atoms with E-state index in [1.165, 1.54) is 4.90 Å². The van der Waals surface area contributed by atoms with Gasteiger partial charge in [0.2, 0.25) is 11.8 Å². The summed E-state index contributed by atoms with van der Waals surface area (Å²) in [4.78, 5) is 25.2. The molecular formula is C16H24N2O3. The van der Waals surface area contributed by atoms with Crippen LogP contribution in [0.3, 0.4) is 0 Å². The van der Waals surface area contributed by atoms with Crippen molar-refractivity contribution < 1.29 is 14.0 Å². The molecule has 5 heteroatoms. The van der Waals surface area contributed by atoms with E-state index in [-0.39, 0.29) is 23.9 Å². The molecule has 1 aliphatic rings. The predicted octanol–water partition coefficient (Wildman–Crippen LogP) is 2.60. The van der Waals surface area contributed by atoms with E-state index >= 15 is 0 Å². The number of carbonyl (C=O) groups excluding carboxylic acids is 2. The molecule has 0 spiro atoms. The molecule has 0 atom stereocenters. The number of furan rings is 1. The average molecular weight is 292 g/mol. The predicted molar refractivity (Wildman–Crippen MR) is 79.3 cm³/mol. The summed E-state index contributed by atoms with van der Waals surface area (Å²) in [5.74, 6) is 1.28. The van der Waals surface area contributed by atoms with Crippen LogP contribution in [0.25, 0.3) is 0 Å². The average Bonchev–Trinajstić information content (AvgIpc) is 2.78. The van der Waals surface area contributed by atoms with Gasteiger partial charge in [-0.25, -0.2) is 0 Å².